The van der Waals surface area contributed by atoms with Crippen LogP contribution < -0.4 is 5.32 Å². The Morgan fingerprint density at radius 1 is 1.35 bits per heavy atom. The first-order chi connectivity index (χ1) is 9.88. The maximum absolute atomic E-state index is 4.46. The van der Waals surface area contributed by atoms with Gasteiger partial charge in [0.05, 0.1) is 17.9 Å². The second-order valence-electron chi connectivity index (χ2n) is 5.90. The standard InChI is InChI=1S/C16H24N4/c1-2-7-18-15(10-13-5-3-4-6-13)14-11-19-20-9-8-17-12-16(14)20/h8-9,11-13,15,18H,2-7,10H2,1H3. The molecule has 0 aromatic carbocycles. The molecular formula is C16H24N4. The minimum Gasteiger partial charge on any atom is -0.310 e. The molecule has 108 valence electrons. The van der Waals surface area contributed by atoms with Crippen molar-refractivity contribution in [1.82, 2.24) is 19.9 Å². The zero-order chi connectivity index (χ0) is 13.8. The largest absolute Gasteiger partial charge is 0.310 e. The summed E-state index contributed by atoms with van der Waals surface area (Å²) in [6.45, 7) is 3.28. The smallest absolute Gasteiger partial charge is 0.0892 e. The fourth-order valence-corrected chi connectivity index (χ4v) is 3.34. The van der Waals surface area contributed by atoms with E-state index in [2.05, 4.69) is 22.3 Å². The van der Waals surface area contributed by atoms with Crippen LogP contribution in [0, 0.1) is 5.92 Å². The molecule has 4 nitrogen and oxygen atoms in total. The van der Waals surface area contributed by atoms with E-state index in [0.717, 1.165) is 18.0 Å². The minimum atomic E-state index is 0.416. The average molecular weight is 272 g/mol. The normalized spacial score (nSPS) is 17.9. The highest BCUT2D eigenvalue weighted by molar-refractivity contribution is 5.53. The molecule has 2 aromatic heterocycles. The van der Waals surface area contributed by atoms with Gasteiger partial charge in [0.2, 0.25) is 0 Å². The molecule has 3 rings (SSSR count). The monoisotopic (exact) mass is 272 g/mol. The summed E-state index contributed by atoms with van der Waals surface area (Å²) in [6.07, 6.45) is 15.6. The molecule has 0 bridgehead atoms. The van der Waals surface area contributed by atoms with Gasteiger partial charge in [-0.3, -0.25) is 4.98 Å². The van der Waals surface area contributed by atoms with Gasteiger partial charge in [-0.1, -0.05) is 32.6 Å². The summed E-state index contributed by atoms with van der Waals surface area (Å²) in [7, 11) is 0. The number of hydrogen-bond acceptors (Lipinski definition) is 3. The van der Waals surface area contributed by atoms with Crippen molar-refractivity contribution in [1.29, 1.82) is 0 Å². The zero-order valence-electron chi connectivity index (χ0n) is 12.3. The van der Waals surface area contributed by atoms with Gasteiger partial charge in [-0.25, -0.2) is 4.52 Å². The molecule has 1 N–H and O–H groups in total. The van der Waals surface area contributed by atoms with Crippen LogP contribution >= 0.6 is 0 Å². The van der Waals surface area contributed by atoms with E-state index in [1.165, 1.54) is 44.1 Å². The molecule has 0 spiro atoms. The molecule has 1 fully saturated rings. The Bertz CT molecular complexity index is 542. The van der Waals surface area contributed by atoms with E-state index in [1.807, 2.05) is 23.1 Å². The van der Waals surface area contributed by atoms with Crippen molar-refractivity contribution in [2.24, 2.45) is 5.92 Å². The Balaban J connectivity index is 1.83. The van der Waals surface area contributed by atoms with Crippen LogP contribution in [0.1, 0.15) is 57.1 Å². The lowest BCUT2D eigenvalue weighted by Gasteiger charge is -2.21. The van der Waals surface area contributed by atoms with Crippen LogP contribution in [0.3, 0.4) is 0 Å². The number of nitrogens with zero attached hydrogens (tertiary/aromatic N) is 3. The zero-order valence-corrected chi connectivity index (χ0v) is 12.3. The Hall–Kier alpha value is -1.42. The van der Waals surface area contributed by atoms with Crippen molar-refractivity contribution in [2.75, 3.05) is 6.54 Å². The predicted molar refractivity (Wildman–Crippen MR) is 80.6 cm³/mol. The topological polar surface area (TPSA) is 42.2 Å². The van der Waals surface area contributed by atoms with Crippen molar-refractivity contribution in [2.45, 2.75) is 51.5 Å². The van der Waals surface area contributed by atoms with E-state index in [-0.39, 0.29) is 0 Å². The van der Waals surface area contributed by atoms with E-state index in [1.54, 1.807) is 6.20 Å². The SMILES string of the molecule is CCCNC(CC1CCCC1)c1cnn2ccncc12. The lowest BCUT2D eigenvalue weighted by Crippen LogP contribution is -2.24. The number of hydrogen-bond donors (Lipinski definition) is 1. The Labute approximate surface area is 120 Å². The van der Waals surface area contributed by atoms with Crippen LogP contribution in [-0.2, 0) is 0 Å². The van der Waals surface area contributed by atoms with Gasteiger partial charge in [-0.2, -0.15) is 5.10 Å². The number of aromatic nitrogens is 3. The lowest BCUT2D eigenvalue weighted by atomic mass is 9.94. The van der Waals surface area contributed by atoms with Gasteiger partial charge in [0.1, 0.15) is 0 Å². The Morgan fingerprint density at radius 3 is 3.00 bits per heavy atom. The van der Waals surface area contributed by atoms with E-state index < -0.39 is 0 Å². The third kappa shape index (κ3) is 2.85. The van der Waals surface area contributed by atoms with Crippen LogP contribution in [0.5, 0.6) is 0 Å². The molecule has 0 aliphatic heterocycles. The molecule has 1 aliphatic carbocycles. The third-order valence-corrected chi connectivity index (χ3v) is 4.41. The van der Waals surface area contributed by atoms with Crippen LogP contribution in [0.15, 0.2) is 24.8 Å². The van der Waals surface area contributed by atoms with Crippen molar-refractivity contribution >= 4 is 5.52 Å². The molecule has 4 heteroatoms. The first-order valence-corrected chi connectivity index (χ1v) is 7.89. The van der Waals surface area contributed by atoms with Crippen molar-refractivity contribution in [3.05, 3.63) is 30.4 Å². The highest BCUT2D eigenvalue weighted by Gasteiger charge is 2.23. The van der Waals surface area contributed by atoms with E-state index in [4.69, 9.17) is 0 Å². The molecular weight excluding hydrogens is 248 g/mol. The van der Waals surface area contributed by atoms with Crippen LogP contribution in [0.4, 0.5) is 0 Å². The highest BCUT2D eigenvalue weighted by Crippen LogP contribution is 2.34. The van der Waals surface area contributed by atoms with Gasteiger partial charge in [0.15, 0.2) is 0 Å². The molecule has 1 saturated carbocycles. The first kappa shape index (κ1) is 13.6. The van der Waals surface area contributed by atoms with Crippen LogP contribution in [-0.4, -0.2) is 21.1 Å². The Kier molecular flexibility index (Phi) is 4.31. The summed E-state index contributed by atoms with van der Waals surface area (Å²) in [5.74, 6) is 0.871. The third-order valence-electron chi connectivity index (χ3n) is 4.41. The van der Waals surface area contributed by atoms with E-state index in [9.17, 15) is 0 Å². The van der Waals surface area contributed by atoms with Gasteiger partial charge in [-0.05, 0) is 25.3 Å². The molecule has 0 radical (unpaired) electrons. The van der Waals surface area contributed by atoms with Gasteiger partial charge >= 0.3 is 0 Å². The summed E-state index contributed by atoms with van der Waals surface area (Å²) < 4.78 is 1.93. The van der Waals surface area contributed by atoms with Gasteiger partial charge in [-0.15, -0.1) is 0 Å². The predicted octanol–water partition coefficient (Wildman–Crippen LogP) is 3.35. The first-order valence-electron chi connectivity index (χ1n) is 7.89. The molecule has 20 heavy (non-hydrogen) atoms. The fourth-order valence-electron chi connectivity index (χ4n) is 3.34. The van der Waals surface area contributed by atoms with Crippen LogP contribution in [0.2, 0.25) is 0 Å². The second-order valence-corrected chi connectivity index (χ2v) is 5.90. The molecule has 2 aromatic rings. The highest BCUT2D eigenvalue weighted by atomic mass is 15.2. The van der Waals surface area contributed by atoms with Gasteiger partial charge in [0.25, 0.3) is 0 Å². The van der Waals surface area contributed by atoms with Gasteiger partial charge < -0.3 is 5.32 Å². The maximum Gasteiger partial charge on any atom is 0.0892 e. The van der Waals surface area contributed by atoms with Gasteiger partial charge in [0, 0.05) is 24.0 Å². The summed E-state index contributed by atoms with van der Waals surface area (Å²) in [5, 5.41) is 8.17. The second kappa shape index (κ2) is 6.35. The maximum atomic E-state index is 4.46. The quantitative estimate of drug-likeness (QED) is 0.877. The average Bonchev–Trinajstić information content (AvgIpc) is 3.12. The number of rotatable bonds is 6. The molecule has 1 unspecified atom stereocenters. The summed E-state index contributed by atoms with van der Waals surface area (Å²) >= 11 is 0. The number of fused-ring (bicyclic) bond motifs is 1. The summed E-state index contributed by atoms with van der Waals surface area (Å²) in [4.78, 5) is 4.25. The van der Waals surface area contributed by atoms with Crippen molar-refractivity contribution in [3.8, 4) is 0 Å². The van der Waals surface area contributed by atoms with E-state index >= 15 is 0 Å². The van der Waals surface area contributed by atoms with E-state index in [0.29, 0.717) is 6.04 Å². The Morgan fingerprint density at radius 2 is 2.20 bits per heavy atom. The number of nitrogens with one attached hydrogen (secondary N) is 1. The molecule has 1 atom stereocenters. The summed E-state index contributed by atoms with van der Waals surface area (Å²) in [6, 6.07) is 0.416. The van der Waals surface area contributed by atoms with Crippen LogP contribution in [0.25, 0.3) is 5.52 Å². The fraction of sp³-hybridized carbons (Fsp3) is 0.625. The molecule has 1 aliphatic rings. The molecule has 2 heterocycles. The van der Waals surface area contributed by atoms with Crippen molar-refractivity contribution < 1.29 is 0 Å². The minimum absolute atomic E-state index is 0.416. The molecule has 0 amide bonds. The lowest BCUT2D eigenvalue weighted by molar-refractivity contribution is 0.396. The van der Waals surface area contributed by atoms with Crippen molar-refractivity contribution in [3.63, 3.8) is 0 Å². The molecule has 0 saturated heterocycles. The summed E-state index contributed by atoms with van der Waals surface area (Å²) in [5.41, 5.74) is 2.44.